The average molecular weight is 241 g/mol. The molecule has 0 fully saturated rings. The first-order valence-electron chi connectivity index (χ1n) is 6.31. The van der Waals surface area contributed by atoms with Crippen LogP contribution in [0.2, 0.25) is 0 Å². The summed E-state index contributed by atoms with van der Waals surface area (Å²) >= 11 is 0. The summed E-state index contributed by atoms with van der Waals surface area (Å²) in [6.07, 6.45) is 0. The van der Waals surface area contributed by atoms with Crippen LogP contribution in [0, 0.1) is 0 Å². The van der Waals surface area contributed by atoms with Crippen molar-refractivity contribution < 1.29 is 9.84 Å². The minimum absolute atomic E-state index is 0.177. The van der Waals surface area contributed by atoms with Gasteiger partial charge in [0.1, 0.15) is 5.75 Å². The number of benzene rings is 1. The van der Waals surface area contributed by atoms with Crippen LogP contribution in [0.1, 0.15) is 33.3 Å². The number of hydrogen-bond acceptors (Lipinski definition) is 3. The first kappa shape index (κ1) is 18.3. The van der Waals surface area contributed by atoms with Gasteiger partial charge >= 0.3 is 0 Å². The Hall–Kier alpha value is -1.06. The number of aliphatic hydroxyl groups excluding tert-OH is 1. The largest absolute Gasteiger partial charge is 0.497 e. The van der Waals surface area contributed by atoms with E-state index < -0.39 is 0 Å². The van der Waals surface area contributed by atoms with E-state index in [-0.39, 0.29) is 6.61 Å². The maximum absolute atomic E-state index is 8.54. The highest BCUT2D eigenvalue weighted by atomic mass is 16.5. The lowest BCUT2D eigenvalue weighted by molar-refractivity contribution is 0.292. The van der Waals surface area contributed by atoms with E-state index in [1.165, 1.54) is 5.56 Å². The van der Waals surface area contributed by atoms with E-state index in [1.807, 2.05) is 52.0 Å². The van der Waals surface area contributed by atoms with Crippen LogP contribution in [-0.4, -0.2) is 25.4 Å². The predicted octanol–water partition coefficient (Wildman–Crippen LogP) is 2.83. The number of hydrogen-bond donors (Lipinski definition) is 2. The maximum Gasteiger partial charge on any atom is 0.118 e. The standard InChI is InChI=1S/C10H15NO2.2C2H6/c1-13-10-4-2-9(3-5-10)8-11-6-7-12;2*1-2/h2-5,11-12H,6-8H2,1H3;2*1-2H3. The second kappa shape index (κ2) is 14.9. The number of aliphatic hydroxyl groups is 1. The Morgan fingerprint density at radius 1 is 1.06 bits per heavy atom. The maximum atomic E-state index is 8.54. The van der Waals surface area contributed by atoms with Gasteiger partial charge in [0.05, 0.1) is 13.7 Å². The van der Waals surface area contributed by atoms with Gasteiger partial charge in [0.2, 0.25) is 0 Å². The zero-order valence-electron chi connectivity index (χ0n) is 11.8. The van der Waals surface area contributed by atoms with Crippen molar-refractivity contribution >= 4 is 0 Å². The Labute approximate surface area is 106 Å². The van der Waals surface area contributed by atoms with E-state index in [9.17, 15) is 0 Å². The van der Waals surface area contributed by atoms with Gasteiger partial charge in [0.25, 0.3) is 0 Å². The van der Waals surface area contributed by atoms with Gasteiger partial charge in [-0.2, -0.15) is 0 Å². The molecule has 0 aliphatic carbocycles. The molecule has 100 valence electrons. The molecule has 3 heteroatoms. The van der Waals surface area contributed by atoms with E-state index in [0.29, 0.717) is 6.54 Å². The third-order valence-electron chi connectivity index (χ3n) is 1.78. The Kier molecular flexibility index (Phi) is 16.1. The van der Waals surface area contributed by atoms with E-state index in [0.717, 1.165) is 12.3 Å². The first-order valence-corrected chi connectivity index (χ1v) is 6.31. The minimum atomic E-state index is 0.177. The first-order chi connectivity index (χ1) is 8.36. The quantitative estimate of drug-likeness (QED) is 0.779. The van der Waals surface area contributed by atoms with Crippen LogP contribution in [0.25, 0.3) is 0 Å². The van der Waals surface area contributed by atoms with Gasteiger partial charge in [-0.25, -0.2) is 0 Å². The van der Waals surface area contributed by atoms with Crippen molar-refractivity contribution in [3.63, 3.8) is 0 Å². The van der Waals surface area contributed by atoms with Crippen molar-refractivity contribution in [2.45, 2.75) is 34.2 Å². The zero-order valence-corrected chi connectivity index (χ0v) is 11.8. The van der Waals surface area contributed by atoms with Crippen molar-refractivity contribution in [2.75, 3.05) is 20.3 Å². The molecule has 0 aromatic heterocycles. The molecule has 0 spiro atoms. The lowest BCUT2D eigenvalue weighted by Crippen LogP contribution is -2.17. The SMILES string of the molecule is CC.CC.COc1ccc(CNCCO)cc1. The lowest BCUT2D eigenvalue weighted by Gasteiger charge is -2.04. The van der Waals surface area contributed by atoms with Gasteiger partial charge in [-0.3, -0.25) is 0 Å². The summed E-state index contributed by atoms with van der Waals surface area (Å²) < 4.78 is 5.03. The number of rotatable bonds is 5. The second-order valence-electron chi connectivity index (χ2n) is 2.75. The van der Waals surface area contributed by atoms with Crippen molar-refractivity contribution in [3.8, 4) is 5.75 Å². The lowest BCUT2D eigenvalue weighted by atomic mass is 10.2. The summed E-state index contributed by atoms with van der Waals surface area (Å²) in [5, 5.41) is 11.6. The zero-order chi connectivity index (χ0) is 13.5. The third-order valence-corrected chi connectivity index (χ3v) is 1.78. The topological polar surface area (TPSA) is 41.5 Å². The highest BCUT2D eigenvalue weighted by molar-refractivity contribution is 5.26. The van der Waals surface area contributed by atoms with Gasteiger partial charge in [-0.05, 0) is 17.7 Å². The van der Waals surface area contributed by atoms with Crippen LogP contribution in [0.5, 0.6) is 5.75 Å². The molecule has 1 rings (SSSR count). The molecule has 0 amide bonds. The van der Waals surface area contributed by atoms with Crippen molar-refractivity contribution in [3.05, 3.63) is 29.8 Å². The van der Waals surface area contributed by atoms with Crippen molar-refractivity contribution in [1.29, 1.82) is 0 Å². The number of ether oxygens (including phenoxy) is 1. The molecule has 0 aliphatic heterocycles. The summed E-state index contributed by atoms with van der Waals surface area (Å²) in [5.74, 6) is 0.867. The van der Waals surface area contributed by atoms with Crippen LogP contribution in [0.4, 0.5) is 0 Å². The van der Waals surface area contributed by atoms with E-state index >= 15 is 0 Å². The van der Waals surface area contributed by atoms with Gasteiger partial charge in [-0.1, -0.05) is 39.8 Å². The molecule has 0 unspecified atom stereocenters. The van der Waals surface area contributed by atoms with Crippen LogP contribution >= 0.6 is 0 Å². The molecule has 0 saturated carbocycles. The molecule has 0 heterocycles. The van der Waals surface area contributed by atoms with Crippen LogP contribution < -0.4 is 10.1 Å². The fraction of sp³-hybridized carbons (Fsp3) is 0.571. The molecule has 0 bridgehead atoms. The fourth-order valence-electron chi connectivity index (χ4n) is 1.06. The summed E-state index contributed by atoms with van der Waals surface area (Å²) in [7, 11) is 1.65. The average Bonchev–Trinajstić information content (AvgIpc) is 2.44. The van der Waals surface area contributed by atoms with Crippen LogP contribution in [0.15, 0.2) is 24.3 Å². The summed E-state index contributed by atoms with van der Waals surface area (Å²) in [6.45, 7) is 9.59. The van der Waals surface area contributed by atoms with Crippen molar-refractivity contribution in [1.82, 2.24) is 5.32 Å². The summed E-state index contributed by atoms with van der Waals surface area (Å²) in [5.41, 5.74) is 1.19. The Morgan fingerprint density at radius 3 is 2.00 bits per heavy atom. The molecular weight excluding hydrogens is 214 g/mol. The molecule has 1 aromatic carbocycles. The smallest absolute Gasteiger partial charge is 0.118 e. The highest BCUT2D eigenvalue weighted by Gasteiger charge is 1.92. The van der Waals surface area contributed by atoms with Gasteiger partial charge < -0.3 is 15.2 Å². The third kappa shape index (κ3) is 9.85. The van der Waals surface area contributed by atoms with E-state index in [2.05, 4.69) is 5.32 Å². The predicted molar refractivity (Wildman–Crippen MR) is 74.5 cm³/mol. The monoisotopic (exact) mass is 241 g/mol. The molecule has 0 radical (unpaired) electrons. The molecule has 3 nitrogen and oxygen atoms in total. The van der Waals surface area contributed by atoms with Gasteiger partial charge in [0, 0.05) is 13.1 Å². The Balaban J connectivity index is 0. The van der Waals surface area contributed by atoms with Crippen molar-refractivity contribution in [2.24, 2.45) is 0 Å². The van der Waals surface area contributed by atoms with Crippen LogP contribution in [-0.2, 0) is 6.54 Å². The second-order valence-corrected chi connectivity index (χ2v) is 2.75. The molecule has 1 aromatic rings. The van der Waals surface area contributed by atoms with Gasteiger partial charge in [0.15, 0.2) is 0 Å². The minimum Gasteiger partial charge on any atom is -0.497 e. The van der Waals surface area contributed by atoms with E-state index in [1.54, 1.807) is 7.11 Å². The molecule has 17 heavy (non-hydrogen) atoms. The molecule has 0 atom stereocenters. The Bertz CT molecular complexity index is 234. The number of methoxy groups -OCH3 is 1. The molecular formula is C14H27NO2. The highest BCUT2D eigenvalue weighted by Crippen LogP contribution is 2.10. The molecule has 2 N–H and O–H groups in total. The normalized spacial score (nSPS) is 8.35. The molecule has 0 aliphatic rings. The number of nitrogens with one attached hydrogen (secondary N) is 1. The Morgan fingerprint density at radius 2 is 1.59 bits per heavy atom. The van der Waals surface area contributed by atoms with Gasteiger partial charge in [-0.15, -0.1) is 0 Å². The summed E-state index contributed by atoms with van der Waals surface area (Å²) in [4.78, 5) is 0. The van der Waals surface area contributed by atoms with E-state index in [4.69, 9.17) is 9.84 Å². The molecule has 0 saturated heterocycles. The van der Waals surface area contributed by atoms with Crippen LogP contribution in [0.3, 0.4) is 0 Å². The fourth-order valence-corrected chi connectivity index (χ4v) is 1.06. The summed E-state index contributed by atoms with van der Waals surface area (Å²) in [6, 6.07) is 7.86.